The zero-order chi connectivity index (χ0) is 86.7. The zero-order valence-corrected chi connectivity index (χ0v) is 75.6. The van der Waals surface area contributed by atoms with Crippen molar-refractivity contribution in [3.63, 3.8) is 0 Å². The molecule has 0 atom stereocenters. The predicted octanol–water partition coefficient (Wildman–Crippen LogP) is 18.2. The molecule has 0 saturated heterocycles. The van der Waals surface area contributed by atoms with Gasteiger partial charge >= 0.3 is 0 Å². The summed E-state index contributed by atoms with van der Waals surface area (Å²) in [6.45, 7) is 30.8. The second-order valence-corrected chi connectivity index (χ2v) is 36.0. The molecule has 4 amide bonds. The van der Waals surface area contributed by atoms with Gasteiger partial charge < -0.3 is 62.1 Å². The minimum absolute atomic E-state index is 0. The lowest BCUT2D eigenvalue weighted by atomic mass is 9.64. The van der Waals surface area contributed by atoms with Crippen molar-refractivity contribution in [3.05, 3.63) is 396 Å². The Morgan fingerprint density at radius 3 is 0.878 bits per heavy atom. The Hall–Kier alpha value is -11.7. The second-order valence-electron chi connectivity index (χ2n) is 34.8. The lowest BCUT2D eigenvalue weighted by molar-refractivity contribution is -0.671. The number of nitrogens with one attached hydrogen (secondary N) is 4. The van der Waals surface area contributed by atoms with Crippen molar-refractivity contribution in [2.75, 3.05) is 76.6 Å². The molecular formula is C106H113ClIN5O10. The lowest BCUT2D eigenvalue weighted by Crippen LogP contribution is -3.00. The van der Waals surface area contributed by atoms with Crippen LogP contribution in [0.25, 0.3) is 0 Å². The summed E-state index contributed by atoms with van der Waals surface area (Å²) in [6.07, 6.45) is 7.29. The Balaban J connectivity index is 0.000000283. The molecule has 4 aliphatic rings. The van der Waals surface area contributed by atoms with Crippen LogP contribution in [-0.2, 0) is 49.0 Å². The number of amides is 4. The highest BCUT2D eigenvalue weighted by atomic mass is 127. The predicted molar refractivity (Wildman–Crippen MR) is 497 cm³/mol. The van der Waals surface area contributed by atoms with Crippen LogP contribution in [0.4, 0.5) is 11.4 Å². The number of carbonyl (C=O) groups excluding carboxylic acids is 4. The number of hydrogen-bond acceptors (Lipinski definition) is 10. The van der Waals surface area contributed by atoms with Gasteiger partial charge in [-0.1, -0.05) is 277 Å². The molecule has 16 rings (SSSR count). The molecule has 0 radical (unpaired) electrons. The topological polar surface area (TPSA) is 176 Å². The molecule has 0 fully saturated rings. The molecular weight excluding hydrogens is 1670 g/mol. The number of nitrogens with zero attached hydrogens (tertiary/aromatic N) is 1. The van der Waals surface area contributed by atoms with Crippen LogP contribution in [0.3, 0.4) is 0 Å². The molecule has 0 saturated carbocycles. The standard InChI is InChI=1S/C74H77N3O2.C32H35IN2O8.ClH/c1-69(2,3)53-24-32-59(33-25-53)73(57-20-16-14-17-21-57,60-34-26-54(27-35-60)70(4,5)6)63-40-44-65(45-41-63)75-67(78)51-48-52(50-77(13)49-51)68(79)76-66-46-42-64(43-47-66)74(58-22-18-15-19-23-58,61-36-28-55(29-37-61)71(7,8)9)62-38-30-56(31-39-62)72(10,11)12;33-26-22-24-21-25(23-26)32(37)35-12-16-41-28-5-9-30(10-6-28)43-20-18-39-14-2-1-13-38-17-19-42-29-7-3-27(4-8-29)40-15-11-34-31(24)36;/h14-50H,1-13H3,(H-,75,76,78,79);1-10,21-23H,11-20H2,(H,34,36)(H,35,37);1H. The third kappa shape index (κ3) is 23.8. The summed E-state index contributed by atoms with van der Waals surface area (Å²) in [5.41, 5.74) is 15.5. The van der Waals surface area contributed by atoms with E-state index in [1.807, 2.05) is 67.7 Å². The molecule has 0 aliphatic carbocycles. The first-order valence-corrected chi connectivity index (χ1v) is 42.8. The molecule has 17 heteroatoms. The van der Waals surface area contributed by atoms with Crippen molar-refractivity contribution in [2.24, 2.45) is 7.05 Å². The van der Waals surface area contributed by atoms with Crippen molar-refractivity contribution < 1.29 is 64.6 Å². The minimum Gasteiger partial charge on any atom is -1.00 e. The molecule has 636 valence electrons. The quantitative estimate of drug-likeness (QED) is 0.0399. The average molecular weight is 1780 g/mol. The number of pyridine rings is 1. The van der Waals surface area contributed by atoms with Crippen LogP contribution in [0.2, 0.25) is 0 Å². The van der Waals surface area contributed by atoms with E-state index in [9.17, 15) is 19.2 Å². The first-order chi connectivity index (χ1) is 58.4. The number of benzene rings is 11. The fourth-order valence-corrected chi connectivity index (χ4v) is 15.8. The number of rotatable bonds is 12. The largest absolute Gasteiger partial charge is 1.00 e. The summed E-state index contributed by atoms with van der Waals surface area (Å²) in [5.74, 6) is 1.51. The highest BCUT2D eigenvalue weighted by Gasteiger charge is 2.41. The Morgan fingerprint density at radius 1 is 0.333 bits per heavy atom. The minimum atomic E-state index is -0.672. The van der Waals surface area contributed by atoms with Crippen LogP contribution < -0.4 is 57.2 Å². The molecule has 5 heterocycles. The van der Waals surface area contributed by atoms with Crippen molar-refractivity contribution in [3.8, 4) is 23.0 Å². The van der Waals surface area contributed by atoms with Gasteiger partial charge in [-0.15, -0.1) is 0 Å². The van der Waals surface area contributed by atoms with E-state index in [0.717, 1.165) is 48.1 Å². The van der Waals surface area contributed by atoms with Gasteiger partial charge in [0.2, 0.25) is 0 Å². The van der Waals surface area contributed by atoms with E-state index in [-0.39, 0.29) is 70.9 Å². The monoisotopic (exact) mass is 1780 g/mol. The first kappa shape index (κ1) is 92.1. The molecule has 12 aromatic rings. The van der Waals surface area contributed by atoms with Gasteiger partial charge in [-0.3, -0.25) is 19.2 Å². The van der Waals surface area contributed by atoms with Gasteiger partial charge in [-0.25, -0.2) is 4.57 Å². The highest BCUT2D eigenvalue weighted by molar-refractivity contribution is 14.1. The number of hydrogen-bond donors (Lipinski definition) is 4. The van der Waals surface area contributed by atoms with Crippen molar-refractivity contribution in [1.29, 1.82) is 0 Å². The number of aryl methyl sites for hydroxylation is 1. The Kier molecular flexibility index (Phi) is 31.0. The van der Waals surface area contributed by atoms with Crippen LogP contribution in [0.15, 0.2) is 304 Å². The van der Waals surface area contributed by atoms with Crippen LogP contribution in [0, 0.1) is 3.57 Å². The maximum Gasteiger partial charge on any atom is 0.261 e. The van der Waals surface area contributed by atoms with E-state index in [1.54, 1.807) is 65.5 Å². The molecule has 11 aromatic carbocycles. The van der Waals surface area contributed by atoms with E-state index in [0.29, 0.717) is 109 Å². The highest BCUT2D eigenvalue weighted by Crippen LogP contribution is 2.49. The summed E-state index contributed by atoms with van der Waals surface area (Å²) in [5, 5.41) is 12.0. The first-order valence-electron chi connectivity index (χ1n) is 41.7. The van der Waals surface area contributed by atoms with Gasteiger partial charge in [0, 0.05) is 26.1 Å². The van der Waals surface area contributed by atoms with E-state index in [1.165, 1.54) is 22.3 Å². The van der Waals surface area contributed by atoms with E-state index >= 15 is 0 Å². The van der Waals surface area contributed by atoms with Crippen LogP contribution in [0.5, 0.6) is 23.0 Å². The summed E-state index contributed by atoms with van der Waals surface area (Å²) >= 11 is 2.09. The third-order valence-electron chi connectivity index (χ3n) is 21.8. The maximum atomic E-state index is 14.2. The van der Waals surface area contributed by atoms with Crippen LogP contribution in [0.1, 0.15) is 191 Å². The molecule has 123 heavy (non-hydrogen) atoms. The normalized spacial score (nSPS) is 13.8. The fourth-order valence-electron chi connectivity index (χ4n) is 15.1. The molecule has 0 unspecified atom stereocenters. The van der Waals surface area contributed by atoms with Gasteiger partial charge in [-0.05, 0) is 208 Å². The molecule has 6 bridgehead atoms. The van der Waals surface area contributed by atoms with Crippen molar-refractivity contribution >= 4 is 57.6 Å². The zero-order valence-electron chi connectivity index (χ0n) is 72.7. The SMILES string of the molecule is C[n+]1cc(C(=O)Nc2ccc(C(c3ccccc3)(c3ccc(C(C)(C)C)cc3)c3ccc(C(C)(C)C)cc3)cc2)cc(C(=O)Nc2ccc(C(c3ccccc3)(c3ccc(C(C)(C)C)cc3)c3ccc(C(C)(C)C)cc3)cc2)c1.O=C1NCCOc2ccc(cc2)OCCOCC=CCOCCOc2ccc(cc2)OCCNC(=O)c2cc(I)cc1c2.[Cl-]. The maximum absolute atomic E-state index is 14.2. The number of halogens is 2. The number of anilines is 2. The van der Waals surface area contributed by atoms with E-state index < -0.39 is 10.8 Å². The molecule has 1 aromatic heterocycles. The second kappa shape index (κ2) is 41.5. The average Bonchev–Trinajstić information content (AvgIpc) is 0.734. The van der Waals surface area contributed by atoms with Crippen LogP contribution >= 0.6 is 22.6 Å². The lowest BCUT2D eigenvalue weighted by Gasteiger charge is -2.37. The van der Waals surface area contributed by atoms with Gasteiger partial charge in [0.1, 0.15) is 67.6 Å². The van der Waals surface area contributed by atoms with Gasteiger partial charge in [0.25, 0.3) is 23.6 Å². The summed E-state index contributed by atoms with van der Waals surface area (Å²) in [6, 6.07) is 95.3. The molecule has 0 spiro atoms. The van der Waals surface area contributed by atoms with E-state index in [2.05, 4.69) is 309 Å². The smallest absolute Gasteiger partial charge is 0.261 e. The Morgan fingerprint density at radius 2 is 0.593 bits per heavy atom. The van der Waals surface area contributed by atoms with Gasteiger partial charge in [0.05, 0.1) is 50.3 Å². The number of ether oxygens (including phenoxy) is 6. The van der Waals surface area contributed by atoms with Gasteiger partial charge in [-0.2, -0.15) is 0 Å². The summed E-state index contributed by atoms with van der Waals surface area (Å²) in [7, 11) is 1.83. The Labute approximate surface area is 746 Å². The van der Waals surface area contributed by atoms with Crippen molar-refractivity contribution in [2.45, 2.75) is 116 Å². The third-order valence-corrected chi connectivity index (χ3v) is 22.4. The van der Waals surface area contributed by atoms with Crippen LogP contribution in [-0.4, -0.2) is 89.6 Å². The number of carbonyl (C=O) groups is 4. The van der Waals surface area contributed by atoms with Gasteiger partial charge in [0.15, 0.2) is 12.4 Å². The number of aromatic nitrogens is 1. The molecule has 15 nitrogen and oxygen atoms in total. The van der Waals surface area contributed by atoms with Crippen molar-refractivity contribution in [1.82, 2.24) is 10.6 Å². The van der Waals surface area contributed by atoms with E-state index in [4.69, 9.17) is 28.4 Å². The Bertz CT molecular complexity index is 5060. The molecule has 4 N–H and O–H groups in total. The fraction of sp³-hybridized carbons (Fsp3) is 0.274. The summed E-state index contributed by atoms with van der Waals surface area (Å²) < 4.78 is 36.5. The molecule has 4 aliphatic heterocycles. The summed E-state index contributed by atoms with van der Waals surface area (Å²) in [4.78, 5) is 54.0.